The molecule has 1 aromatic rings. The molecule has 0 bridgehead atoms. The van der Waals surface area contributed by atoms with E-state index >= 15 is 0 Å². The third kappa shape index (κ3) is 5.07. The SMILES string of the molecule is NS(=O)(=O)NCC1CNCCO[C@@H]1c1ccc(Cl)c(Cl)c1. The van der Waals surface area contributed by atoms with Crippen LogP contribution in [0.5, 0.6) is 0 Å². The Bertz CT molecular complexity index is 597. The van der Waals surface area contributed by atoms with E-state index in [0.29, 0.717) is 29.7 Å². The minimum atomic E-state index is -3.74. The van der Waals surface area contributed by atoms with Gasteiger partial charge in [0.15, 0.2) is 0 Å². The summed E-state index contributed by atoms with van der Waals surface area (Å²) in [5, 5.41) is 9.08. The summed E-state index contributed by atoms with van der Waals surface area (Å²) in [5.41, 5.74) is 0.856. The van der Waals surface area contributed by atoms with Gasteiger partial charge in [-0.1, -0.05) is 29.3 Å². The van der Waals surface area contributed by atoms with E-state index < -0.39 is 10.2 Å². The minimum Gasteiger partial charge on any atom is -0.372 e. The molecule has 0 spiro atoms. The Balaban J connectivity index is 2.20. The van der Waals surface area contributed by atoms with Gasteiger partial charge < -0.3 is 10.1 Å². The van der Waals surface area contributed by atoms with Crippen LogP contribution in [0.3, 0.4) is 0 Å². The first-order valence-electron chi connectivity index (χ1n) is 6.41. The fourth-order valence-corrected chi connectivity index (χ4v) is 3.00. The van der Waals surface area contributed by atoms with E-state index in [4.69, 9.17) is 33.1 Å². The maximum Gasteiger partial charge on any atom is 0.274 e. The predicted octanol–water partition coefficient (Wildman–Crippen LogP) is 1.06. The molecule has 0 amide bonds. The summed E-state index contributed by atoms with van der Waals surface area (Å²) >= 11 is 12.0. The van der Waals surface area contributed by atoms with Gasteiger partial charge in [0.1, 0.15) is 0 Å². The van der Waals surface area contributed by atoms with E-state index in [9.17, 15) is 8.42 Å². The van der Waals surface area contributed by atoms with Crippen molar-refractivity contribution < 1.29 is 13.2 Å². The highest BCUT2D eigenvalue weighted by atomic mass is 35.5. The quantitative estimate of drug-likeness (QED) is 0.754. The number of nitrogens with one attached hydrogen (secondary N) is 2. The van der Waals surface area contributed by atoms with E-state index in [1.165, 1.54) is 0 Å². The van der Waals surface area contributed by atoms with Crippen molar-refractivity contribution >= 4 is 33.4 Å². The average Bonchev–Trinajstić information content (AvgIpc) is 2.64. The standard InChI is InChI=1S/C12H17Cl2N3O3S/c13-10-2-1-8(5-11(10)14)12-9(6-16-3-4-20-12)7-17-21(15,18)19/h1-2,5,9,12,16-17H,3-4,6-7H2,(H2,15,18,19)/t9?,12-/m1/s1. The zero-order valence-corrected chi connectivity index (χ0v) is 13.5. The highest BCUT2D eigenvalue weighted by molar-refractivity contribution is 7.87. The van der Waals surface area contributed by atoms with Crippen LogP contribution >= 0.6 is 23.2 Å². The molecule has 2 atom stereocenters. The Morgan fingerprint density at radius 1 is 1.38 bits per heavy atom. The lowest BCUT2D eigenvalue weighted by Crippen LogP contribution is -2.39. The smallest absolute Gasteiger partial charge is 0.274 e. The number of ether oxygens (including phenoxy) is 1. The molecule has 118 valence electrons. The third-order valence-electron chi connectivity index (χ3n) is 3.23. The molecule has 1 aliphatic rings. The number of nitrogens with two attached hydrogens (primary N) is 1. The minimum absolute atomic E-state index is 0.108. The van der Waals surface area contributed by atoms with E-state index in [1.54, 1.807) is 12.1 Å². The van der Waals surface area contributed by atoms with Gasteiger partial charge in [-0.05, 0) is 17.7 Å². The highest BCUT2D eigenvalue weighted by Crippen LogP contribution is 2.31. The number of hydrogen-bond acceptors (Lipinski definition) is 4. The van der Waals surface area contributed by atoms with Gasteiger partial charge in [-0.3, -0.25) is 0 Å². The van der Waals surface area contributed by atoms with Crippen LogP contribution in [0.1, 0.15) is 11.7 Å². The highest BCUT2D eigenvalue weighted by Gasteiger charge is 2.27. The topological polar surface area (TPSA) is 93.5 Å². The van der Waals surface area contributed by atoms with Gasteiger partial charge in [0, 0.05) is 25.6 Å². The first kappa shape index (κ1) is 17.0. The second-order valence-electron chi connectivity index (χ2n) is 4.82. The van der Waals surface area contributed by atoms with Crippen LogP contribution in [-0.4, -0.2) is 34.7 Å². The molecule has 1 unspecified atom stereocenters. The molecule has 1 aromatic carbocycles. The van der Waals surface area contributed by atoms with E-state index in [0.717, 1.165) is 5.56 Å². The van der Waals surface area contributed by atoms with Crippen LogP contribution < -0.4 is 15.2 Å². The zero-order valence-electron chi connectivity index (χ0n) is 11.2. The maximum atomic E-state index is 11.1. The van der Waals surface area contributed by atoms with Crippen LogP contribution in [0.15, 0.2) is 18.2 Å². The Labute approximate surface area is 134 Å². The molecule has 1 heterocycles. The number of rotatable bonds is 4. The molecule has 2 rings (SSSR count). The molecule has 4 N–H and O–H groups in total. The molecular formula is C12H17Cl2N3O3S. The Hall–Kier alpha value is -0.410. The first-order chi connectivity index (χ1) is 9.87. The van der Waals surface area contributed by atoms with Crippen LogP contribution in [0, 0.1) is 5.92 Å². The molecule has 0 aromatic heterocycles. The van der Waals surface area contributed by atoms with Crippen molar-refractivity contribution in [1.82, 2.24) is 10.0 Å². The van der Waals surface area contributed by atoms with E-state index in [-0.39, 0.29) is 18.6 Å². The lowest BCUT2D eigenvalue weighted by molar-refractivity contribution is 0.0322. The predicted molar refractivity (Wildman–Crippen MR) is 82.6 cm³/mol. The summed E-state index contributed by atoms with van der Waals surface area (Å²) in [6, 6.07) is 5.27. The fourth-order valence-electron chi connectivity index (χ4n) is 2.25. The molecule has 0 saturated carbocycles. The van der Waals surface area contributed by atoms with Gasteiger partial charge >= 0.3 is 0 Å². The number of halogens is 2. The van der Waals surface area contributed by atoms with Gasteiger partial charge in [-0.15, -0.1) is 0 Å². The van der Waals surface area contributed by atoms with Gasteiger partial charge in [-0.2, -0.15) is 8.42 Å². The summed E-state index contributed by atoms with van der Waals surface area (Å²) < 4.78 is 30.3. The Morgan fingerprint density at radius 2 is 2.14 bits per heavy atom. The van der Waals surface area contributed by atoms with Crippen LogP contribution in [0.4, 0.5) is 0 Å². The zero-order chi connectivity index (χ0) is 15.5. The van der Waals surface area contributed by atoms with Gasteiger partial charge in [0.05, 0.1) is 22.8 Å². The number of benzene rings is 1. The second-order valence-corrected chi connectivity index (χ2v) is 7.02. The van der Waals surface area contributed by atoms with E-state index in [2.05, 4.69) is 10.0 Å². The summed E-state index contributed by atoms with van der Waals surface area (Å²) in [6.07, 6.45) is -0.288. The summed E-state index contributed by atoms with van der Waals surface area (Å²) in [5.74, 6) is -0.108. The summed E-state index contributed by atoms with van der Waals surface area (Å²) in [6.45, 7) is 2.00. The largest absolute Gasteiger partial charge is 0.372 e. The van der Waals surface area contributed by atoms with Crippen molar-refractivity contribution in [3.63, 3.8) is 0 Å². The Kier molecular flexibility index (Phi) is 5.84. The first-order valence-corrected chi connectivity index (χ1v) is 8.71. The molecule has 1 aliphatic heterocycles. The molecule has 1 saturated heterocycles. The van der Waals surface area contributed by atoms with Gasteiger partial charge in [-0.25, -0.2) is 9.86 Å². The van der Waals surface area contributed by atoms with Crippen LogP contribution in [0.25, 0.3) is 0 Å². The van der Waals surface area contributed by atoms with Crippen LogP contribution in [0.2, 0.25) is 10.0 Å². The van der Waals surface area contributed by atoms with E-state index in [1.807, 2.05) is 6.07 Å². The van der Waals surface area contributed by atoms with Gasteiger partial charge in [0.2, 0.25) is 0 Å². The number of hydrogen-bond donors (Lipinski definition) is 3. The van der Waals surface area contributed by atoms with Crippen molar-refractivity contribution in [2.45, 2.75) is 6.10 Å². The molecular weight excluding hydrogens is 337 g/mol. The summed E-state index contributed by atoms with van der Waals surface area (Å²) in [7, 11) is -3.74. The fraction of sp³-hybridized carbons (Fsp3) is 0.500. The molecule has 0 radical (unpaired) electrons. The lowest BCUT2D eigenvalue weighted by Gasteiger charge is -2.25. The van der Waals surface area contributed by atoms with Gasteiger partial charge in [0.25, 0.3) is 10.2 Å². The van der Waals surface area contributed by atoms with Crippen molar-refractivity contribution in [2.75, 3.05) is 26.2 Å². The normalized spacial score (nSPS) is 23.8. The van der Waals surface area contributed by atoms with Crippen molar-refractivity contribution in [1.29, 1.82) is 0 Å². The van der Waals surface area contributed by atoms with Crippen molar-refractivity contribution in [2.24, 2.45) is 11.1 Å². The maximum absolute atomic E-state index is 11.1. The molecule has 0 aliphatic carbocycles. The monoisotopic (exact) mass is 353 g/mol. The lowest BCUT2D eigenvalue weighted by atomic mass is 9.95. The molecule has 1 fully saturated rings. The van der Waals surface area contributed by atoms with Crippen molar-refractivity contribution in [3.8, 4) is 0 Å². The molecule has 6 nitrogen and oxygen atoms in total. The Morgan fingerprint density at radius 3 is 2.81 bits per heavy atom. The average molecular weight is 354 g/mol. The summed E-state index contributed by atoms with van der Waals surface area (Å²) in [4.78, 5) is 0. The van der Waals surface area contributed by atoms with Crippen molar-refractivity contribution in [3.05, 3.63) is 33.8 Å². The second kappa shape index (κ2) is 7.23. The molecule has 9 heteroatoms. The van der Waals surface area contributed by atoms with Crippen LogP contribution in [-0.2, 0) is 14.9 Å². The molecule has 21 heavy (non-hydrogen) atoms. The third-order valence-corrected chi connectivity index (χ3v) is 4.54.